The van der Waals surface area contributed by atoms with Gasteiger partial charge in [0.25, 0.3) is 0 Å². The van der Waals surface area contributed by atoms with Crippen LogP contribution in [0.4, 0.5) is 0 Å². The van der Waals surface area contributed by atoms with Gasteiger partial charge in [-0.3, -0.25) is 0 Å². The van der Waals surface area contributed by atoms with Crippen LogP contribution in [0.25, 0.3) is 10.8 Å². The Bertz CT molecular complexity index is 722. The van der Waals surface area contributed by atoms with Crippen molar-refractivity contribution in [2.24, 2.45) is 0 Å². The van der Waals surface area contributed by atoms with E-state index in [0.29, 0.717) is 18.0 Å². The average Bonchev–Trinajstić information content (AvgIpc) is 2.96. The quantitative estimate of drug-likeness (QED) is 0.938. The van der Waals surface area contributed by atoms with Gasteiger partial charge in [0.2, 0.25) is 10.0 Å². The molecule has 1 unspecified atom stereocenters. The Labute approximate surface area is 119 Å². The van der Waals surface area contributed by atoms with Crippen molar-refractivity contribution in [3.63, 3.8) is 0 Å². The Kier molecular flexibility index (Phi) is 3.50. The summed E-state index contributed by atoms with van der Waals surface area (Å²) in [7, 11) is -1.54. The van der Waals surface area contributed by atoms with E-state index in [-0.39, 0.29) is 6.04 Å². The van der Waals surface area contributed by atoms with E-state index in [1.165, 1.54) is 0 Å². The third-order valence-electron chi connectivity index (χ3n) is 3.93. The van der Waals surface area contributed by atoms with Crippen molar-refractivity contribution < 1.29 is 8.42 Å². The van der Waals surface area contributed by atoms with Gasteiger partial charge in [-0.2, -0.15) is 4.31 Å². The van der Waals surface area contributed by atoms with E-state index in [2.05, 4.69) is 5.32 Å². The number of nitrogens with one attached hydrogen (secondary N) is 1. The van der Waals surface area contributed by atoms with Crippen LogP contribution in [-0.2, 0) is 10.0 Å². The second-order valence-corrected chi connectivity index (χ2v) is 7.02. The lowest BCUT2D eigenvalue weighted by Crippen LogP contribution is -2.33. The van der Waals surface area contributed by atoms with Gasteiger partial charge >= 0.3 is 0 Å². The highest BCUT2D eigenvalue weighted by Gasteiger charge is 2.32. The predicted molar refractivity (Wildman–Crippen MR) is 80.2 cm³/mol. The molecular formula is C15H18N2O2S. The molecule has 0 radical (unpaired) electrons. The van der Waals surface area contributed by atoms with Gasteiger partial charge in [0.1, 0.15) is 0 Å². The molecule has 2 aromatic carbocycles. The molecule has 20 heavy (non-hydrogen) atoms. The lowest BCUT2D eigenvalue weighted by molar-refractivity contribution is 0.465. The lowest BCUT2D eigenvalue weighted by atomic mass is 10.1. The van der Waals surface area contributed by atoms with Crippen molar-refractivity contribution in [3.05, 3.63) is 42.5 Å². The van der Waals surface area contributed by atoms with Crippen molar-refractivity contribution in [1.29, 1.82) is 0 Å². The molecule has 0 amide bonds. The first-order valence-electron chi connectivity index (χ1n) is 6.78. The molecule has 1 saturated heterocycles. The molecule has 0 saturated carbocycles. The number of benzene rings is 2. The van der Waals surface area contributed by atoms with E-state index >= 15 is 0 Å². The SMILES string of the molecule is CNC1CCN(S(=O)(=O)c2cccc3ccccc23)C1. The Hall–Kier alpha value is -1.43. The van der Waals surface area contributed by atoms with Crippen LogP contribution in [0.15, 0.2) is 47.4 Å². The first-order valence-corrected chi connectivity index (χ1v) is 8.22. The molecule has 0 bridgehead atoms. The Morgan fingerprint density at radius 3 is 2.65 bits per heavy atom. The molecule has 1 N–H and O–H groups in total. The molecular weight excluding hydrogens is 272 g/mol. The highest BCUT2D eigenvalue weighted by molar-refractivity contribution is 7.89. The molecule has 2 aromatic rings. The van der Waals surface area contributed by atoms with Crippen molar-refractivity contribution in [1.82, 2.24) is 9.62 Å². The van der Waals surface area contributed by atoms with Crippen LogP contribution >= 0.6 is 0 Å². The summed E-state index contributed by atoms with van der Waals surface area (Å²) in [5.41, 5.74) is 0. The Balaban J connectivity index is 2.06. The molecule has 1 aliphatic heterocycles. The van der Waals surface area contributed by atoms with Crippen molar-refractivity contribution in [2.45, 2.75) is 17.4 Å². The first kappa shape index (κ1) is 13.5. The summed E-state index contributed by atoms with van der Waals surface area (Å²) >= 11 is 0. The Morgan fingerprint density at radius 1 is 1.15 bits per heavy atom. The number of nitrogens with zero attached hydrogens (tertiary/aromatic N) is 1. The zero-order chi connectivity index (χ0) is 14.2. The van der Waals surface area contributed by atoms with Crippen LogP contribution in [0.1, 0.15) is 6.42 Å². The van der Waals surface area contributed by atoms with Gasteiger partial charge in [0.15, 0.2) is 0 Å². The summed E-state index contributed by atoms with van der Waals surface area (Å²) in [5.74, 6) is 0. The van der Waals surface area contributed by atoms with E-state index in [9.17, 15) is 8.42 Å². The zero-order valence-corrected chi connectivity index (χ0v) is 12.2. The minimum atomic E-state index is -3.41. The molecule has 1 aliphatic rings. The van der Waals surface area contributed by atoms with E-state index in [4.69, 9.17) is 0 Å². The van der Waals surface area contributed by atoms with Crippen molar-refractivity contribution in [2.75, 3.05) is 20.1 Å². The van der Waals surface area contributed by atoms with Gasteiger partial charge < -0.3 is 5.32 Å². The normalized spacial score (nSPS) is 20.6. The van der Waals surface area contributed by atoms with Crippen LogP contribution in [0.2, 0.25) is 0 Å². The number of sulfonamides is 1. The molecule has 1 fully saturated rings. The topological polar surface area (TPSA) is 49.4 Å². The molecule has 4 nitrogen and oxygen atoms in total. The molecule has 3 rings (SSSR count). The minimum absolute atomic E-state index is 0.250. The summed E-state index contributed by atoms with van der Waals surface area (Å²) in [6.07, 6.45) is 0.862. The van der Waals surface area contributed by atoms with Gasteiger partial charge in [-0.25, -0.2) is 8.42 Å². The molecule has 106 valence electrons. The van der Waals surface area contributed by atoms with Crippen molar-refractivity contribution in [3.8, 4) is 0 Å². The van der Waals surface area contributed by atoms with E-state index in [1.54, 1.807) is 16.4 Å². The predicted octanol–water partition coefficient (Wildman–Crippen LogP) is 1.82. The van der Waals surface area contributed by atoms with Crippen LogP contribution in [-0.4, -0.2) is 38.9 Å². The number of likely N-dealkylation sites (N-methyl/N-ethyl adjacent to an activating group) is 1. The number of fused-ring (bicyclic) bond motifs is 1. The van der Waals surface area contributed by atoms with Crippen LogP contribution in [0.3, 0.4) is 0 Å². The monoisotopic (exact) mass is 290 g/mol. The number of hydrogen-bond acceptors (Lipinski definition) is 3. The maximum Gasteiger partial charge on any atom is 0.243 e. The van der Waals surface area contributed by atoms with Gasteiger partial charge in [-0.05, 0) is 24.9 Å². The fourth-order valence-electron chi connectivity index (χ4n) is 2.74. The van der Waals surface area contributed by atoms with E-state index < -0.39 is 10.0 Å². The Morgan fingerprint density at radius 2 is 1.90 bits per heavy atom. The van der Waals surface area contributed by atoms with E-state index in [0.717, 1.165) is 17.2 Å². The first-order chi connectivity index (χ1) is 9.63. The van der Waals surface area contributed by atoms with Crippen LogP contribution < -0.4 is 5.32 Å². The van der Waals surface area contributed by atoms with E-state index in [1.807, 2.05) is 37.4 Å². The minimum Gasteiger partial charge on any atom is -0.316 e. The molecule has 0 aromatic heterocycles. The maximum atomic E-state index is 12.8. The second kappa shape index (κ2) is 5.16. The third kappa shape index (κ3) is 2.22. The van der Waals surface area contributed by atoms with Crippen LogP contribution in [0.5, 0.6) is 0 Å². The smallest absolute Gasteiger partial charge is 0.243 e. The molecule has 5 heteroatoms. The summed E-state index contributed by atoms with van der Waals surface area (Å²) in [5, 5.41) is 4.90. The zero-order valence-electron chi connectivity index (χ0n) is 11.4. The van der Waals surface area contributed by atoms with Crippen LogP contribution in [0, 0.1) is 0 Å². The van der Waals surface area contributed by atoms with Gasteiger partial charge in [0, 0.05) is 24.5 Å². The number of rotatable bonds is 3. The highest BCUT2D eigenvalue weighted by Crippen LogP contribution is 2.27. The molecule has 1 atom stereocenters. The fourth-order valence-corrected chi connectivity index (χ4v) is 4.46. The standard InChI is InChI=1S/C15H18N2O2S/c1-16-13-9-10-17(11-13)20(18,19)15-8-4-6-12-5-2-3-7-14(12)15/h2-8,13,16H,9-11H2,1H3. The van der Waals surface area contributed by atoms with Gasteiger partial charge in [-0.1, -0.05) is 36.4 Å². The fraction of sp³-hybridized carbons (Fsp3) is 0.333. The highest BCUT2D eigenvalue weighted by atomic mass is 32.2. The summed E-state index contributed by atoms with van der Waals surface area (Å²) in [6, 6.07) is 13.3. The second-order valence-electron chi connectivity index (χ2n) is 5.11. The molecule has 1 heterocycles. The number of hydrogen-bond donors (Lipinski definition) is 1. The average molecular weight is 290 g/mol. The molecule has 0 spiro atoms. The summed E-state index contributed by atoms with van der Waals surface area (Å²) in [6.45, 7) is 1.12. The van der Waals surface area contributed by atoms with Gasteiger partial charge in [0.05, 0.1) is 4.90 Å². The summed E-state index contributed by atoms with van der Waals surface area (Å²) in [4.78, 5) is 0.410. The van der Waals surface area contributed by atoms with Gasteiger partial charge in [-0.15, -0.1) is 0 Å². The lowest BCUT2D eigenvalue weighted by Gasteiger charge is -2.17. The summed E-state index contributed by atoms with van der Waals surface area (Å²) < 4.78 is 27.2. The maximum absolute atomic E-state index is 12.8. The third-order valence-corrected chi connectivity index (χ3v) is 5.85. The largest absolute Gasteiger partial charge is 0.316 e. The van der Waals surface area contributed by atoms with Crippen molar-refractivity contribution >= 4 is 20.8 Å². The molecule has 0 aliphatic carbocycles.